The molecule has 0 aliphatic carbocycles. The number of aromatic nitrogens is 2. The van der Waals surface area contributed by atoms with E-state index in [1.54, 1.807) is 21.7 Å². The van der Waals surface area contributed by atoms with E-state index in [9.17, 15) is 9.59 Å². The van der Waals surface area contributed by atoms with Gasteiger partial charge in [0, 0.05) is 28.1 Å². The maximum atomic E-state index is 13.4. The zero-order valence-electron chi connectivity index (χ0n) is 21.5. The molecule has 1 heterocycles. The molecule has 6 nitrogen and oxygen atoms in total. The molecule has 0 radical (unpaired) electrons. The Hall–Kier alpha value is -3.71. The molecule has 0 saturated carbocycles. The average molecular weight is 560 g/mol. The van der Waals surface area contributed by atoms with E-state index in [0.717, 1.165) is 27.0 Å². The van der Waals surface area contributed by atoms with E-state index in [0.29, 0.717) is 17.9 Å². The molecule has 0 unspecified atom stereocenters. The molecule has 1 aromatic heterocycles. The van der Waals surface area contributed by atoms with Crippen LogP contribution in [0.4, 0.5) is 5.82 Å². The van der Waals surface area contributed by atoms with Gasteiger partial charge in [-0.15, -0.1) is 0 Å². The summed E-state index contributed by atoms with van der Waals surface area (Å²) in [5.41, 5.74) is 4.11. The molecule has 0 atom stereocenters. The number of rotatable bonds is 7. The Kier molecular flexibility index (Phi) is 7.93. The molecule has 0 fully saturated rings. The third kappa shape index (κ3) is 6.74. The number of amides is 2. The molecule has 37 heavy (non-hydrogen) atoms. The fourth-order valence-corrected chi connectivity index (χ4v) is 4.12. The van der Waals surface area contributed by atoms with Gasteiger partial charge in [0.05, 0.1) is 11.4 Å². The quantitative estimate of drug-likeness (QED) is 0.280. The van der Waals surface area contributed by atoms with Crippen LogP contribution in [0.15, 0.2) is 89.4 Å². The average Bonchev–Trinajstić information content (AvgIpc) is 3.29. The van der Waals surface area contributed by atoms with Crippen molar-refractivity contribution in [2.24, 2.45) is 0 Å². The monoisotopic (exact) mass is 558 g/mol. The third-order valence-electron chi connectivity index (χ3n) is 5.95. The van der Waals surface area contributed by atoms with Gasteiger partial charge in [0.2, 0.25) is 5.91 Å². The van der Waals surface area contributed by atoms with E-state index >= 15 is 0 Å². The van der Waals surface area contributed by atoms with Gasteiger partial charge in [-0.25, -0.2) is 4.68 Å². The Morgan fingerprint density at radius 3 is 2.22 bits per heavy atom. The van der Waals surface area contributed by atoms with E-state index in [1.807, 2.05) is 79.7 Å². The Balaban J connectivity index is 1.61. The number of aryl methyl sites for hydroxylation is 1. The van der Waals surface area contributed by atoms with Crippen LogP contribution in [0.3, 0.4) is 0 Å². The van der Waals surface area contributed by atoms with Gasteiger partial charge in [-0.2, -0.15) is 5.10 Å². The van der Waals surface area contributed by atoms with Gasteiger partial charge in [-0.1, -0.05) is 84.7 Å². The van der Waals surface area contributed by atoms with Crippen LogP contribution < -0.4 is 5.32 Å². The van der Waals surface area contributed by atoms with Crippen molar-refractivity contribution in [3.63, 3.8) is 0 Å². The van der Waals surface area contributed by atoms with Gasteiger partial charge in [-0.05, 0) is 48.9 Å². The summed E-state index contributed by atoms with van der Waals surface area (Å²) < 4.78 is 2.63. The van der Waals surface area contributed by atoms with Crippen molar-refractivity contribution in [3.8, 4) is 5.69 Å². The topological polar surface area (TPSA) is 67.2 Å². The number of benzene rings is 3. The Morgan fingerprint density at radius 1 is 0.946 bits per heavy atom. The minimum atomic E-state index is -0.296. The van der Waals surface area contributed by atoms with Crippen molar-refractivity contribution in [3.05, 3.63) is 112 Å². The fraction of sp³-hybridized carbons (Fsp3) is 0.233. The number of anilines is 1. The summed E-state index contributed by atoms with van der Waals surface area (Å²) in [6.45, 7) is 8.48. The van der Waals surface area contributed by atoms with Crippen molar-refractivity contribution in [1.82, 2.24) is 14.7 Å². The van der Waals surface area contributed by atoms with Gasteiger partial charge in [0.1, 0.15) is 12.4 Å². The largest absolute Gasteiger partial charge is 0.325 e. The van der Waals surface area contributed by atoms with Gasteiger partial charge in [-0.3, -0.25) is 9.59 Å². The zero-order chi connectivity index (χ0) is 26.6. The van der Waals surface area contributed by atoms with Crippen LogP contribution >= 0.6 is 15.9 Å². The summed E-state index contributed by atoms with van der Waals surface area (Å²) in [6.07, 6.45) is 0. The minimum absolute atomic E-state index is 0.103. The second-order valence-electron chi connectivity index (χ2n) is 10.1. The summed E-state index contributed by atoms with van der Waals surface area (Å²) in [4.78, 5) is 28.3. The summed E-state index contributed by atoms with van der Waals surface area (Å²) in [5.74, 6) is 0.0542. The van der Waals surface area contributed by atoms with E-state index in [1.165, 1.54) is 0 Å². The second kappa shape index (κ2) is 11.1. The molecule has 0 aliphatic heterocycles. The summed E-state index contributed by atoms with van der Waals surface area (Å²) in [5, 5.41) is 7.80. The van der Waals surface area contributed by atoms with Crippen LogP contribution in [-0.2, 0) is 16.8 Å². The summed E-state index contributed by atoms with van der Waals surface area (Å²) in [6, 6.07) is 26.7. The molecule has 1 N–H and O–H groups in total. The number of nitrogens with zero attached hydrogens (tertiary/aromatic N) is 3. The van der Waals surface area contributed by atoms with Gasteiger partial charge in [0.25, 0.3) is 5.91 Å². The lowest BCUT2D eigenvalue weighted by molar-refractivity contribution is -0.117. The number of carbonyl (C=O) groups excluding carboxylic acids is 2. The third-order valence-corrected chi connectivity index (χ3v) is 6.48. The van der Waals surface area contributed by atoms with E-state index in [4.69, 9.17) is 5.10 Å². The Labute approximate surface area is 226 Å². The number of hydrogen-bond acceptors (Lipinski definition) is 3. The van der Waals surface area contributed by atoms with Crippen LogP contribution in [0.5, 0.6) is 0 Å². The number of halogens is 1. The predicted molar refractivity (Wildman–Crippen MR) is 151 cm³/mol. The molecule has 4 rings (SSSR count). The van der Waals surface area contributed by atoms with E-state index in [-0.39, 0.29) is 23.8 Å². The number of carbonyl (C=O) groups is 2. The van der Waals surface area contributed by atoms with Crippen LogP contribution in [0, 0.1) is 6.92 Å². The highest BCUT2D eigenvalue weighted by Gasteiger charge is 2.24. The summed E-state index contributed by atoms with van der Waals surface area (Å²) >= 11 is 3.41. The molecule has 190 valence electrons. The smallest absolute Gasteiger partial charge is 0.254 e. The molecule has 4 aromatic rings. The first-order valence-corrected chi connectivity index (χ1v) is 13.0. The van der Waals surface area contributed by atoms with Crippen LogP contribution in [0.25, 0.3) is 5.69 Å². The normalized spacial score (nSPS) is 11.3. The number of nitrogens with one attached hydrogen (secondary N) is 1. The minimum Gasteiger partial charge on any atom is -0.325 e. The van der Waals surface area contributed by atoms with Crippen molar-refractivity contribution in [2.75, 3.05) is 11.9 Å². The maximum absolute atomic E-state index is 13.4. The highest BCUT2D eigenvalue weighted by Crippen LogP contribution is 2.26. The van der Waals surface area contributed by atoms with Gasteiger partial charge >= 0.3 is 0 Å². The molecule has 2 amide bonds. The van der Waals surface area contributed by atoms with Crippen molar-refractivity contribution in [1.29, 1.82) is 0 Å². The Morgan fingerprint density at radius 2 is 1.59 bits per heavy atom. The van der Waals surface area contributed by atoms with Crippen molar-refractivity contribution < 1.29 is 9.59 Å². The SMILES string of the molecule is Cc1ccc(-n2nc(C(C)(C)C)cc2NC(=O)CN(Cc2ccccc2)C(=O)c2ccc(Br)cc2)cc1. The highest BCUT2D eigenvalue weighted by atomic mass is 79.9. The predicted octanol–water partition coefficient (Wildman–Crippen LogP) is 6.52. The van der Waals surface area contributed by atoms with Crippen LogP contribution in [0.1, 0.15) is 48.0 Å². The molecule has 0 bridgehead atoms. The molecule has 7 heteroatoms. The maximum Gasteiger partial charge on any atom is 0.254 e. The van der Waals surface area contributed by atoms with Crippen molar-refractivity contribution >= 4 is 33.6 Å². The number of hydrogen-bond donors (Lipinski definition) is 1. The van der Waals surface area contributed by atoms with Gasteiger partial charge < -0.3 is 10.2 Å². The van der Waals surface area contributed by atoms with Crippen LogP contribution in [-0.4, -0.2) is 33.0 Å². The zero-order valence-corrected chi connectivity index (χ0v) is 23.1. The fourth-order valence-electron chi connectivity index (χ4n) is 3.85. The van der Waals surface area contributed by atoms with Crippen LogP contribution in [0.2, 0.25) is 0 Å². The van der Waals surface area contributed by atoms with E-state index < -0.39 is 0 Å². The molecule has 0 saturated heterocycles. The molecular weight excluding hydrogens is 528 g/mol. The standard InChI is InChI=1S/C30H31BrN4O2/c1-21-10-16-25(17-11-21)35-27(18-26(33-35)30(2,3)4)32-28(36)20-34(19-22-8-6-5-7-9-22)29(37)23-12-14-24(31)15-13-23/h5-18H,19-20H2,1-4H3,(H,32,36). The van der Waals surface area contributed by atoms with Gasteiger partial charge in [0.15, 0.2) is 0 Å². The lowest BCUT2D eigenvalue weighted by atomic mass is 9.92. The first-order valence-electron chi connectivity index (χ1n) is 12.2. The summed E-state index contributed by atoms with van der Waals surface area (Å²) in [7, 11) is 0. The molecule has 3 aromatic carbocycles. The lowest BCUT2D eigenvalue weighted by Crippen LogP contribution is -2.37. The first kappa shape index (κ1) is 26.4. The lowest BCUT2D eigenvalue weighted by Gasteiger charge is -2.23. The molecular formula is C30H31BrN4O2. The molecule has 0 aliphatic rings. The second-order valence-corrected chi connectivity index (χ2v) is 11.0. The highest BCUT2D eigenvalue weighted by molar-refractivity contribution is 9.10. The van der Waals surface area contributed by atoms with Crippen molar-refractivity contribution in [2.45, 2.75) is 39.7 Å². The molecule has 0 spiro atoms. The first-order chi connectivity index (χ1) is 17.6. The Bertz CT molecular complexity index is 1370. The van der Waals surface area contributed by atoms with E-state index in [2.05, 4.69) is 42.0 Å².